The van der Waals surface area contributed by atoms with E-state index in [1.54, 1.807) is 6.07 Å². The zero-order chi connectivity index (χ0) is 14.5. The quantitative estimate of drug-likeness (QED) is 0.843. The van der Waals surface area contributed by atoms with Gasteiger partial charge in [0.05, 0.1) is 17.7 Å². The molecule has 0 saturated carbocycles. The Morgan fingerprint density at radius 3 is 2.50 bits per heavy atom. The Bertz CT molecular complexity index is 615. The summed E-state index contributed by atoms with van der Waals surface area (Å²) in [6.45, 7) is -0.129. The highest BCUT2D eigenvalue weighted by Crippen LogP contribution is 2.30. The maximum absolute atomic E-state index is 9.83. The van der Waals surface area contributed by atoms with Gasteiger partial charge < -0.3 is 10.2 Å². The number of aliphatic hydroxyl groups is 1. The molecule has 1 unspecified atom stereocenters. The second-order valence-electron chi connectivity index (χ2n) is 4.21. The van der Waals surface area contributed by atoms with Crippen molar-refractivity contribution in [2.75, 3.05) is 6.61 Å². The van der Waals surface area contributed by atoms with Crippen molar-refractivity contribution in [3.63, 3.8) is 0 Å². The number of aliphatic hydroxyl groups excluding tert-OH is 1. The molecule has 0 spiro atoms. The van der Waals surface area contributed by atoms with Crippen LogP contribution < -0.4 is 0 Å². The molecule has 0 aliphatic rings. The van der Waals surface area contributed by atoms with Crippen molar-refractivity contribution in [2.24, 2.45) is 4.99 Å². The number of aliphatic imine (C=N–C) groups is 1. The lowest BCUT2D eigenvalue weighted by Crippen LogP contribution is -2.01. The second kappa shape index (κ2) is 6.75. The summed E-state index contributed by atoms with van der Waals surface area (Å²) in [4.78, 5) is 4.27. The van der Waals surface area contributed by atoms with Gasteiger partial charge in [-0.25, -0.2) is 0 Å². The molecular formula is C15H13Cl2NO2. The largest absolute Gasteiger partial charge is 0.506 e. The summed E-state index contributed by atoms with van der Waals surface area (Å²) in [5.41, 5.74) is 1.30. The van der Waals surface area contributed by atoms with Crippen LogP contribution in [0, 0.1) is 0 Å². The first-order valence-electron chi connectivity index (χ1n) is 5.99. The number of hydrogen-bond acceptors (Lipinski definition) is 3. The minimum absolute atomic E-state index is 0.0791. The van der Waals surface area contributed by atoms with Gasteiger partial charge in [-0.05, 0) is 17.7 Å². The third kappa shape index (κ3) is 3.51. The molecule has 2 aromatic carbocycles. The molecule has 3 nitrogen and oxygen atoms in total. The van der Waals surface area contributed by atoms with Gasteiger partial charge in [0.15, 0.2) is 0 Å². The Hall–Kier alpha value is -1.55. The molecule has 0 bridgehead atoms. The molecule has 0 aromatic heterocycles. The van der Waals surface area contributed by atoms with Gasteiger partial charge in [-0.1, -0.05) is 53.5 Å². The van der Waals surface area contributed by atoms with E-state index in [1.807, 2.05) is 30.3 Å². The highest BCUT2D eigenvalue weighted by atomic mass is 35.5. The van der Waals surface area contributed by atoms with Crippen LogP contribution in [0.1, 0.15) is 17.2 Å². The van der Waals surface area contributed by atoms with Crippen LogP contribution in [0.25, 0.3) is 0 Å². The van der Waals surface area contributed by atoms with E-state index in [0.717, 1.165) is 5.56 Å². The molecule has 1 atom stereocenters. The normalized spacial score (nSPS) is 12.8. The average molecular weight is 310 g/mol. The Kier molecular flexibility index (Phi) is 5.01. The number of halogens is 2. The first kappa shape index (κ1) is 14.9. The van der Waals surface area contributed by atoms with E-state index in [0.29, 0.717) is 10.6 Å². The zero-order valence-electron chi connectivity index (χ0n) is 10.5. The Labute approximate surface area is 127 Å². The predicted molar refractivity (Wildman–Crippen MR) is 82.0 cm³/mol. The molecule has 0 radical (unpaired) electrons. The van der Waals surface area contributed by atoms with Crippen molar-refractivity contribution in [3.05, 3.63) is 63.6 Å². The van der Waals surface area contributed by atoms with Crippen LogP contribution in [0.15, 0.2) is 47.5 Å². The minimum Gasteiger partial charge on any atom is -0.506 e. The van der Waals surface area contributed by atoms with Gasteiger partial charge in [0.1, 0.15) is 5.75 Å². The summed E-state index contributed by atoms with van der Waals surface area (Å²) in [5.74, 6) is -0.0791. The molecule has 0 saturated heterocycles. The van der Waals surface area contributed by atoms with Crippen molar-refractivity contribution in [1.82, 2.24) is 0 Å². The van der Waals surface area contributed by atoms with Crippen molar-refractivity contribution in [3.8, 4) is 5.75 Å². The van der Waals surface area contributed by atoms with E-state index in [1.165, 1.54) is 12.3 Å². The molecule has 0 amide bonds. The molecule has 0 heterocycles. The van der Waals surface area contributed by atoms with Gasteiger partial charge in [-0.15, -0.1) is 0 Å². The fourth-order valence-corrected chi connectivity index (χ4v) is 2.28. The van der Waals surface area contributed by atoms with E-state index in [4.69, 9.17) is 23.2 Å². The van der Waals surface area contributed by atoms with Gasteiger partial charge in [-0.3, -0.25) is 4.99 Å². The molecule has 0 aliphatic heterocycles. The number of aromatic hydroxyl groups is 1. The van der Waals surface area contributed by atoms with Crippen LogP contribution in [-0.2, 0) is 0 Å². The van der Waals surface area contributed by atoms with Gasteiger partial charge in [0, 0.05) is 16.8 Å². The van der Waals surface area contributed by atoms with Crippen molar-refractivity contribution in [2.45, 2.75) is 6.04 Å². The Balaban J connectivity index is 2.28. The number of phenolic OH excluding ortho intramolecular Hbond substituents is 1. The van der Waals surface area contributed by atoms with E-state index < -0.39 is 6.04 Å². The first-order valence-corrected chi connectivity index (χ1v) is 6.74. The van der Waals surface area contributed by atoms with E-state index >= 15 is 0 Å². The van der Waals surface area contributed by atoms with Crippen molar-refractivity contribution < 1.29 is 10.2 Å². The first-order chi connectivity index (χ1) is 9.61. The van der Waals surface area contributed by atoms with Crippen molar-refractivity contribution >= 4 is 29.4 Å². The zero-order valence-corrected chi connectivity index (χ0v) is 12.0. The maximum Gasteiger partial charge on any atom is 0.143 e. The van der Waals surface area contributed by atoms with Crippen molar-refractivity contribution in [1.29, 1.82) is 0 Å². The van der Waals surface area contributed by atoms with E-state index in [9.17, 15) is 10.2 Å². The topological polar surface area (TPSA) is 52.8 Å². The fraction of sp³-hybridized carbons (Fsp3) is 0.133. The molecule has 5 heteroatoms. The van der Waals surface area contributed by atoms with Crippen LogP contribution in [0.2, 0.25) is 10.0 Å². The molecule has 104 valence electrons. The second-order valence-corrected chi connectivity index (χ2v) is 5.06. The fourth-order valence-electron chi connectivity index (χ4n) is 1.77. The van der Waals surface area contributed by atoms with Gasteiger partial charge >= 0.3 is 0 Å². The average Bonchev–Trinajstić information content (AvgIpc) is 2.45. The lowest BCUT2D eigenvalue weighted by Gasteiger charge is -2.09. The smallest absolute Gasteiger partial charge is 0.143 e. The summed E-state index contributed by atoms with van der Waals surface area (Å²) in [6, 6.07) is 12.0. The number of hydrogen-bond donors (Lipinski definition) is 2. The van der Waals surface area contributed by atoms with Gasteiger partial charge in [0.25, 0.3) is 0 Å². The Morgan fingerprint density at radius 2 is 1.85 bits per heavy atom. The molecule has 2 N–H and O–H groups in total. The summed E-state index contributed by atoms with van der Waals surface area (Å²) in [7, 11) is 0. The monoisotopic (exact) mass is 309 g/mol. The highest BCUT2D eigenvalue weighted by molar-refractivity contribution is 6.36. The molecular weight excluding hydrogens is 297 g/mol. The molecule has 0 fully saturated rings. The number of nitrogens with zero attached hydrogens (tertiary/aromatic N) is 1. The lowest BCUT2D eigenvalue weighted by atomic mass is 10.1. The van der Waals surface area contributed by atoms with E-state index in [2.05, 4.69) is 4.99 Å². The number of phenols is 1. The molecule has 2 aromatic rings. The third-order valence-corrected chi connectivity index (χ3v) is 3.31. The molecule has 2 rings (SSSR count). The maximum atomic E-state index is 9.83. The van der Waals surface area contributed by atoms with Crippen LogP contribution >= 0.6 is 23.2 Å². The Morgan fingerprint density at radius 1 is 1.15 bits per heavy atom. The summed E-state index contributed by atoms with van der Waals surface area (Å²) in [6.07, 6.45) is 1.46. The van der Waals surface area contributed by atoms with Gasteiger partial charge in [0.2, 0.25) is 0 Å². The van der Waals surface area contributed by atoms with Crippen LogP contribution in [0.3, 0.4) is 0 Å². The minimum atomic E-state index is -0.395. The molecule has 20 heavy (non-hydrogen) atoms. The predicted octanol–water partition coefficient (Wildman–Crippen LogP) is 3.85. The van der Waals surface area contributed by atoms with Crippen LogP contribution in [-0.4, -0.2) is 23.0 Å². The summed E-state index contributed by atoms with van der Waals surface area (Å²) < 4.78 is 0. The summed E-state index contributed by atoms with van der Waals surface area (Å²) >= 11 is 11.7. The molecule has 0 aliphatic carbocycles. The van der Waals surface area contributed by atoms with Crippen LogP contribution in [0.4, 0.5) is 0 Å². The highest BCUT2D eigenvalue weighted by Gasteiger charge is 2.09. The summed E-state index contributed by atoms with van der Waals surface area (Å²) in [5, 5.41) is 19.8. The SMILES string of the molecule is OCC(N=Cc1cc(Cl)cc(Cl)c1O)c1ccccc1. The van der Waals surface area contributed by atoms with Crippen LogP contribution in [0.5, 0.6) is 5.75 Å². The van der Waals surface area contributed by atoms with E-state index in [-0.39, 0.29) is 17.4 Å². The standard InChI is InChI=1S/C15H13Cl2NO2/c16-12-6-11(15(20)13(17)7-12)8-18-14(9-19)10-4-2-1-3-5-10/h1-8,14,19-20H,9H2. The lowest BCUT2D eigenvalue weighted by molar-refractivity contribution is 0.269. The van der Waals surface area contributed by atoms with Gasteiger partial charge in [-0.2, -0.15) is 0 Å². The number of benzene rings is 2. The third-order valence-electron chi connectivity index (χ3n) is 2.81. The number of rotatable bonds is 4.